The van der Waals surface area contributed by atoms with Crippen molar-refractivity contribution in [2.45, 2.75) is 78.0 Å². The summed E-state index contributed by atoms with van der Waals surface area (Å²) in [5, 5.41) is 3.38. The Morgan fingerprint density at radius 2 is 1.45 bits per heavy atom. The predicted molar refractivity (Wildman–Crippen MR) is 239 cm³/mol. The van der Waals surface area contributed by atoms with E-state index in [-0.39, 0.29) is 17.7 Å². The molecule has 6 heterocycles. The van der Waals surface area contributed by atoms with Gasteiger partial charge in [0.15, 0.2) is 0 Å². The normalized spacial score (nSPS) is 15.4. The molecule has 16 heteroatoms. The highest BCUT2D eigenvalue weighted by atomic mass is 127. The highest BCUT2D eigenvalue weighted by molar-refractivity contribution is 14.1. The molecule has 6 aromatic rings. The van der Waals surface area contributed by atoms with Crippen LogP contribution in [0.5, 0.6) is 5.88 Å². The first kappa shape index (κ1) is 41.3. The minimum Gasteiger partial charge on any atom is -0.480 e. The molecule has 2 aliphatic rings. The van der Waals surface area contributed by atoms with Gasteiger partial charge in [-0.2, -0.15) is 0 Å². The average molecular weight is 921 g/mol. The van der Waals surface area contributed by atoms with Gasteiger partial charge in [-0.15, -0.1) is 0 Å². The number of aromatic amines is 3. The van der Waals surface area contributed by atoms with E-state index in [4.69, 9.17) is 31.8 Å². The number of nitrogens with one attached hydrogen (secondary N) is 4. The molecule has 0 radical (unpaired) electrons. The number of aryl methyl sites for hydroxylation is 2. The summed E-state index contributed by atoms with van der Waals surface area (Å²) < 4.78 is 11.9. The van der Waals surface area contributed by atoms with Gasteiger partial charge in [0.25, 0.3) is 5.56 Å². The van der Waals surface area contributed by atoms with Crippen molar-refractivity contribution in [1.82, 2.24) is 35.2 Å². The van der Waals surface area contributed by atoms with Gasteiger partial charge in [0.05, 0.1) is 39.8 Å². The Bertz CT molecular complexity index is 2490. The van der Waals surface area contributed by atoms with Gasteiger partial charge in [-0.05, 0) is 130 Å². The number of methoxy groups -OCH3 is 1. The van der Waals surface area contributed by atoms with Crippen LogP contribution in [0.2, 0.25) is 5.02 Å². The minimum absolute atomic E-state index is 0.125. The van der Waals surface area contributed by atoms with Crippen LogP contribution in [0.1, 0.15) is 57.6 Å². The number of benzene rings is 2. The Hall–Kier alpha value is -4.87. The number of carbonyl (C=O) groups excluding carboxylic acids is 1. The maximum atomic E-state index is 12.1. The lowest BCUT2D eigenvalue weighted by molar-refractivity contribution is 0.0497. The minimum atomic E-state index is -0.488. The second-order valence-electron chi connectivity index (χ2n) is 15.9. The Labute approximate surface area is 355 Å². The standard InChI is InChI=1S/C24H30IN5O3.C18H20ClN5O/c1-14-12-16(30-10-7-15(8-11-30)27-23(31)33-24(2,3)4)13-18-20(14)29-21(28-18)19-17(25)6-9-26-22(19)32-5;1-10-8-12(24-6-3-11(20)4-7-24)9-14-16(10)23-17(22-14)15-13(19)2-5-21-18(15)25/h6,9,12-13,15H,7-8,10-11H2,1-5H3,(H,27,31)(H,28,29);2,5,8-9,11H,3-4,6-7,20H2,1H3,(H,21,25)(H,22,23). The summed E-state index contributed by atoms with van der Waals surface area (Å²) in [6.07, 6.45) is 6.66. The average Bonchev–Trinajstić information content (AvgIpc) is 3.80. The highest BCUT2D eigenvalue weighted by Gasteiger charge is 2.25. The van der Waals surface area contributed by atoms with E-state index < -0.39 is 5.60 Å². The molecule has 0 aliphatic carbocycles. The molecule has 14 nitrogen and oxygen atoms in total. The third kappa shape index (κ3) is 9.21. The molecule has 2 aromatic carbocycles. The Morgan fingerprint density at radius 3 is 1.98 bits per heavy atom. The number of amides is 1. The van der Waals surface area contributed by atoms with E-state index in [2.05, 4.69) is 93.8 Å². The van der Waals surface area contributed by atoms with Crippen LogP contribution in [-0.2, 0) is 4.74 Å². The van der Waals surface area contributed by atoms with E-state index in [9.17, 15) is 9.59 Å². The van der Waals surface area contributed by atoms with Crippen LogP contribution in [0.25, 0.3) is 44.8 Å². The zero-order valence-electron chi connectivity index (χ0n) is 33.6. The maximum Gasteiger partial charge on any atom is 0.407 e. The molecule has 0 unspecified atom stereocenters. The number of aromatic nitrogens is 6. The quantitative estimate of drug-likeness (QED) is 0.103. The summed E-state index contributed by atoms with van der Waals surface area (Å²) >= 11 is 8.48. The fourth-order valence-electron chi connectivity index (χ4n) is 7.52. The summed E-state index contributed by atoms with van der Waals surface area (Å²) in [4.78, 5) is 52.1. The number of nitrogens with zero attached hydrogens (tertiary/aromatic N) is 5. The van der Waals surface area contributed by atoms with Crippen LogP contribution in [0, 0.1) is 17.4 Å². The number of hydrogen-bond donors (Lipinski definition) is 5. The van der Waals surface area contributed by atoms with Crippen LogP contribution in [0.3, 0.4) is 0 Å². The van der Waals surface area contributed by atoms with Gasteiger partial charge < -0.3 is 45.3 Å². The number of pyridine rings is 2. The number of carbonyl (C=O) groups is 1. The fraction of sp³-hybridized carbons (Fsp3) is 0.405. The molecule has 306 valence electrons. The van der Waals surface area contributed by atoms with Crippen LogP contribution < -0.4 is 31.1 Å². The fourth-order valence-corrected chi connectivity index (χ4v) is 8.41. The van der Waals surface area contributed by atoms with E-state index in [0.29, 0.717) is 28.3 Å². The summed E-state index contributed by atoms with van der Waals surface area (Å²) in [5.41, 5.74) is 14.6. The van der Waals surface area contributed by atoms with E-state index in [1.807, 2.05) is 33.8 Å². The smallest absolute Gasteiger partial charge is 0.407 e. The molecule has 1 amide bonds. The first-order chi connectivity index (χ1) is 27.7. The molecule has 2 saturated heterocycles. The van der Waals surface area contributed by atoms with Crippen LogP contribution in [0.15, 0.2) is 53.6 Å². The molecule has 6 N–H and O–H groups in total. The summed E-state index contributed by atoms with van der Waals surface area (Å²) in [5.74, 6) is 1.79. The van der Waals surface area contributed by atoms with Gasteiger partial charge in [-0.1, -0.05) is 11.6 Å². The molecule has 58 heavy (non-hydrogen) atoms. The molecule has 0 spiro atoms. The van der Waals surface area contributed by atoms with Crippen molar-refractivity contribution in [1.29, 1.82) is 0 Å². The van der Waals surface area contributed by atoms with E-state index >= 15 is 0 Å². The molecule has 4 aromatic heterocycles. The lowest BCUT2D eigenvalue weighted by atomic mass is 10.0. The van der Waals surface area contributed by atoms with Crippen molar-refractivity contribution in [3.05, 3.63) is 78.9 Å². The second kappa shape index (κ2) is 17.2. The number of H-pyrrole nitrogens is 3. The maximum absolute atomic E-state index is 12.1. The number of nitrogens with two attached hydrogens (primary N) is 1. The number of halogens is 2. The van der Waals surface area contributed by atoms with Crippen LogP contribution in [0.4, 0.5) is 16.2 Å². The molecule has 0 bridgehead atoms. The molecule has 8 rings (SSSR count). The van der Waals surface area contributed by atoms with Crippen LogP contribution in [-0.4, -0.2) is 87.0 Å². The molecular weight excluding hydrogens is 871 g/mol. The monoisotopic (exact) mass is 920 g/mol. The first-order valence-corrected chi connectivity index (χ1v) is 20.9. The SMILES string of the molecule is COc1nccc(I)c1-c1nc2c(C)cc(N3CCC(NC(=O)OC(C)(C)C)CC3)cc2[nH]1.Cc1cc(N2CCC(N)CC2)cc2[nH]c(-c3c(Cl)cc[nH]c3=O)nc12. The molecule has 0 atom stereocenters. The number of imidazole rings is 2. The zero-order valence-corrected chi connectivity index (χ0v) is 36.5. The predicted octanol–water partition coefficient (Wildman–Crippen LogP) is 7.85. The third-order valence-corrected chi connectivity index (χ3v) is 11.7. The van der Waals surface area contributed by atoms with Gasteiger partial charge in [0.2, 0.25) is 5.88 Å². The zero-order chi connectivity index (χ0) is 41.3. The van der Waals surface area contributed by atoms with Gasteiger partial charge in [0.1, 0.15) is 22.8 Å². The number of anilines is 2. The van der Waals surface area contributed by atoms with Crippen molar-refractivity contribution in [2.24, 2.45) is 5.73 Å². The van der Waals surface area contributed by atoms with Crippen molar-refractivity contribution >= 4 is 73.7 Å². The molecular formula is C42H50ClIN10O4. The molecule has 0 saturated carbocycles. The van der Waals surface area contributed by atoms with E-state index in [1.54, 1.807) is 19.4 Å². The van der Waals surface area contributed by atoms with Crippen molar-refractivity contribution in [3.8, 4) is 28.7 Å². The summed E-state index contributed by atoms with van der Waals surface area (Å²) in [6, 6.07) is 12.6. The Morgan fingerprint density at radius 1 is 0.897 bits per heavy atom. The molecule has 2 fully saturated rings. The van der Waals surface area contributed by atoms with Crippen LogP contribution >= 0.6 is 34.2 Å². The number of hydrogen-bond acceptors (Lipinski definition) is 10. The van der Waals surface area contributed by atoms with Gasteiger partial charge in [0, 0.05) is 65.6 Å². The highest BCUT2D eigenvalue weighted by Crippen LogP contribution is 2.35. The van der Waals surface area contributed by atoms with E-state index in [1.165, 1.54) is 6.20 Å². The second-order valence-corrected chi connectivity index (χ2v) is 17.5. The van der Waals surface area contributed by atoms with Gasteiger partial charge >= 0.3 is 6.09 Å². The number of fused-ring (bicyclic) bond motifs is 2. The van der Waals surface area contributed by atoms with Crippen molar-refractivity contribution in [3.63, 3.8) is 0 Å². The summed E-state index contributed by atoms with van der Waals surface area (Å²) in [6.45, 7) is 13.4. The summed E-state index contributed by atoms with van der Waals surface area (Å²) in [7, 11) is 1.62. The van der Waals surface area contributed by atoms with Gasteiger partial charge in [-0.3, -0.25) is 4.79 Å². The van der Waals surface area contributed by atoms with Crippen molar-refractivity contribution in [2.75, 3.05) is 43.1 Å². The van der Waals surface area contributed by atoms with Gasteiger partial charge in [-0.25, -0.2) is 19.7 Å². The number of rotatable bonds is 6. The third-order valence-electron chi connectivity index (χ3n) is 10.5. The number of ether oxygens (including phenoxy) is 2. The molecule has 2 aliphatic heterocycles. The topological polar surface area (TPSA) is 183 Å². The number of piperidine rings is 2. The van der Waals surface area contributed by atoms with Crippen molar-refractivity contribution < 1.29 is 14.3 Å². The lowest BCUT2D eigenvalue weighted by Crippen LogP contribution is -2.46. The lowest BCUT2D eigenvalue weighted by Gasteiger charge is -2.34. The van der Waals surface area contributed by atoms with E-state index in [0.717, 1.165) is 111 Å². The number of alkyl carbamates (subject to hydrolysis) is 1. The Kier molecular flexibility index (Phi) is 12.2. The largest absolute Gasteiger partial charge is 0.480 e. The first-order valence-electron chi connectivity index (χ1n) is 19.5. The Balaban J connectivity index is 0.000000183.